The van der Waals surface area contributed by atoms with Gasteiger partial charge in [-0.05, 0) is 13.8 Å². The summed E-state index contributed by atoms with van der Waals surface area (Å²) in [5.41, 5.74) is 0. The van der Waals surface area contributed by atoms with Gasteiger partial charge in [0.15, 0.2) is 0 Å². The first-order chi connectivity index (χ1) is 9.58. The van der Waals surface area contributed by atoms with Gasteiger partial charge < -0.3 is 9.47 Å². The monoisotopic (exact) mass is 276 g/mol. The van der Waals surface area contributed by atoms with Gasteiger partial charge >= 0.3 is 11.9 Å². The van der Waals surface area contributed by atoms with E-state index >= 15 is 0 Å². The average Bonchev–Trinajstić information content (AvgIpc) is 2.36. The van der Waals surface area contributed by atoms with Crippen molar-refractivity contribution in [3.8, 4) is 0 Å². The number of esters is 2. The van der Waals surface area contributed by atoms with E-state index in [0.29, 0.717) is 12.8 Å². The highest BCUT2D eigenvalue weighted by molar-refractivity contribution is 5.82. The Balaban J connectivity index is 2.70. The lowest BCUT2D eigenvalue weighted by atomic mass is 10.2. The number of allylic oxidation sites excluding steroid dienone is 4. The Morgan fingerprint density at radius 2 is 1.20 bits per heavy atom. The van der Waals surface area contributed by atoms with Crippen LogP contribution in [0.3, 0.4) is 0 Å². The van der Waals surface area contributed by atoms with Crippen molar-refractivity contribution < 1.29 is 19.1 Å². The van der Waals surface area contributed by atoms with Crippen molar-refractivity contribution >= 4 is 11.9 Å². The summed E-state index contributed by atoms with van der Waals surface area (Å²) in [6.07, 6.45) is 13.9. The van der Waals surface area contributed by atoms with Gasteiger partial charge in [0.05, 0.1) is 0 Å². The van der Waals surface area contributed by atoms with Crippen molar-refractivity contribution in [2.24, 2.45) is 0 Å². The Morgan fingerprint density at radius 1 is 0.800 bits per heavy atom. The van der Waals surface area contributed by atoms with Crippen molar-refractivity contribution in [3.05, 3.63) is 48.6 Å². The van der Waals surface area contributed by atoms with E-state index in [1.807, 2.05) is 26.0 Å². The highest BCUT2D eigenvalue weighted by Crippen LogP contribution is 2.03. The number of ether oxygens (including phenoxy) is 2. The van der Waals surface area contributed by atoms with Crippen LogP contribution >= 0.6 is 0 Å². The molecule has 0 aliphatic carbocycles. The van der Waals surface area contributed by atoms with Gasteiger partial charge in [0.1, 0.15) is 12.2 Å². The van der Waals surface area contributed by atoms with Crippen LogP contribution in [-0.4, -0.2) is 24.1 Å². The lowest BCUT2D eigenvalue weighted by Crippen LogP contribution is -2.12. The molecule has 1 heterocycles. The van der Waals surface area contributed by atoms with Gasteiger partial charge in [-0.1, -0.05) is 36.5 Å². The normalized spacial score (nSPS) is 31.7. The molecule has 0 saturated heterocycles. The molecule has 0 amide bonds. The Bertz CT molecular complexity index is 401. The predicted molar refractivity (Wildman–Crippen MR) is 76.9 cm³/mol. The van der Waals surface area contributed by atoms with Crippen molar-refractivity contribution in [1.82, 2.24) is 0 Å². The minimum atomic E-state index is -0.363. The highest BCUT2D eigenvalue weighted by atomic mass is 16.5. The summed E-state index contributed by atoms with van der Waals surface area (Å²) in [6, 6.07) is 0. The molecule has 1 aliphatic heterocycles. The van der Waals surface area contributed by atoms with Crippen LogP contribution in [0.2, 0.25) is 0 Å². The molecule has 0 bridgehead atoms. The number of cyclic esters (lactones) is 2. The second-order valence-electron chi connectivity index (χ2n) is 4.54. The molecule has 2 atom stereocenters. The minimum absolute atomic E-state index is 0.208. The molecule has 108 valence electrons. The Hall–Kier alpha value is -2.10. The first kappa shape index (κ1) is 16.0. The van der Waals surface area contributed by atoms with Gasteiger partial charge in [-0.3, -0.25) is 0 Å². The van der Waals surface area contributed by atoms with Crippen LogP contribution in [0.5, 0.6) is 0 Å². The van der Waals surface area contributed by atoms with E-state index < -0.39 is 0 Å². The number of hydrogen-bond acceptors (Lipinski definition) is 4. The van der Waals surface area contributed by atoms with Gasteiger partial charge in [-0.15, -0.1) is 0 Å². The summed E-state index contributed by atoms with van der Waals surface area (Å²) < 4.78 is 10.3. The third-order valence-electron chi connectivity index (χ3n) is 2.53. The molecular weight excluding hydrogens is 256 g/mol. The maximum absolute atomic E-state index is 11.4. The van der Waals surface area contributed by atoms with Crippen LogP contribution in [0.15, 0.2) is 48.6 Å². The fraction of sp³-hybridized carbons (Fsp3) is 0.375. The molecular formula is C16H20O4. The molecule has 2 unspecified atom stereocenters. The van der Waals surface area contributed by atoms with Crippen LogP contribution in [0.4, 0.5) is 0 Å². The maximum atomic E-state index is 11.4. The van der Waals surface area contributed by atoms with E-state index in [4.69, 9.17) is 9.47 Å². The standard InChI is InChI=1S/C16H20O4/c1-13-9-5-3-7-12-16(18)20-14(2)10-6-4-8-11-15(17)19-13/h3-8,11-14H,9-10H2,1-2H3/b5-3-,6-4+,11-8-,12-7+. The molecule has 4 heteroatoms. The first-order valence-electron chi connectivity index (χ1n) is 6.65. The molecule has 0 saturated carbocycles. The lowest BCUT2D eigenvalue weighted by molar-refractivity contribution is -0.142. The molecule has 1 rings (SSSR count). The van der Waals surface area contributed by atoms with Crippen LogP contribution < -0.4 is 0 Å². The maximum Gasteiger partial charge on any atom is 0.331 e. The largest absolute Gasteiger partial charge is 0.459 e. The second kappa shape index (κ2) is 8.91. The summed E-state index contributed by atoms with van der Waals surface area (Å²) >= 11 is 0. The lowest BCUT2D eigenvalue weighted by Gasteiger charge is -2.09. The summed E-state index contributed by atoms with van der Waals surface area (Å²) in [4.78, 5) is 22.9. The fourth-order valence-electron chi connectivity index (χ4n) is 1.54. The van der Waals surface area contributed by atoms with Gasteiger partial charge in [-0.2, -0.15) is 0 Å². The van der Waals surface area contributed by atoms with E-state index in [1.54, 1.807) is 24.3 Å². The smallest absolute Gasteiger partial charge is 0.331 e. The van der Waals surface area contributed by atoms with Crippen LogP contribution in [0, 0.1) is 0 Å². The number of carbonyl (C=O) groups excluding carboxylic acids is 2. The molecule has 4 nitrogen and oxygen atoms in total. The van der Waals surface area contributed by atoms with Crippen LogP contribution in [0.1, 0.15) is 26.7 Å². The zero-order valence-electron chi connectivity index (χ0n) is 11.8. The van der Waals surface area contributed by atoms with E-state index in [-0.39, 0.29) is 24.1 Å². The minimum Gasteiger partial charge on any atom is -0.459 e. The quantitative estimate of drug-likeness (QED) is 0.638. The molecule has 0 aromatic rings. The zero-order chi connectivity index (χ0) is 14.8. The van der Waals surface area contributed by atoms with Crippen LogP contribution in [0.25, 0.3) is 0 Å². The Labute approximate surface area is 119 Å². The van der Waals surface area contributed by atoms with Gasteiger partial charge in [0.2, 0.25) is 0 Å². The molecule has 1 aliphatic rings. The summed E-state index contributed by atoms with van der Waals surface area (Å²) in [6.45, 7) is 3.63. The van der Waals surface area contributed by atoms with E-state index in [9.17, 15) is 9.59 Å². The van der Waals surface area contributed by atoms with Crippen molar-refractivity contribution in [2.75, 3.05) is 0 Å². The first-order valence-corrected chi connectivity index (χ1v) is 6.65. The molecule has 20 heavy (non-hydrogen) atoms. The topological polar surface area (TPSA) is 52.6 Å². The summed E-state index contributed by atoms with van der Waals surface area (Å²) in [5, 5.41) is 0. The van der Waals surface area contributed by atoms with Gasteiger partial charge in [-0.25, -0.2) is 9.59 Å². The highest BCUT2D eigenvalue weighted by Gasteiger charge is 2.05. The van der Waals surface area contributed by atoms with Gasteiger partial charge in [0.25, 0.3) is 0 Å². The van der Waals surface area contributed by atoms with E-state index in [1.165, 1.54) is 12.2 Å². The number of hydrogen-bond donors (Lipinski definition) is 0. The van der Waals surface area contributed by atoms with Crippen molar-refractivity contribution in [2.45, 2.75) is 38.9 Å². The molecule has 0 radical (unpaired) electrons. The van der Waals surface area contributed by atoms with E-state index in [0.717, 1.165) is 0 Å². The SMILES string of the molecule is CC1C/C=C\C=C\C(=O)OC(C)C/C=C/C=C\C(=O)O1. The van der Waals surface area contributed by atoms with Gasteiger partial charge in [0, 0.05) is 25.0 Å². The van der Waals surface area contributed by atoms with Crippen molar-refractivity contribution in [1.29, 1.82) is 0 Å². The van der Waals surface area contributed by atoms with Crippen molar-refractivity contribution in [3.63, 3.8) is 0 Å². The molecule has 0 aromatic carbocycles. The predicted octanol–water partition coefficient (Wildman–Crippen LogP) is 2.87. The zero-order valence-corrected chi connectivity index (χ0v) is 11.8. The third kappa shape index (κ3) is 7.36. The van der Waals surface area contributed by atoms with E-state index in [2.05, 4.69) is 0 Å². The molecule has 0 spiro atoms. The second-order valence-corrected chi connectivity index (χ2v) is 4.54. The molecule has 0 N–H and O–H groups in total. The van der Waals surface area contributed by atoms with Crippen LogP contribution in [-0.2, 0) is 19.1 Å². The third-order valence-corrected chi connectivity index (χ3v) is 2.53. The number of rotatable bonds is 0. The molecule has 0 fully saturated rings. The number of carbonyl (C=O) groups is 2. The average molecular weight is 276 g/mol. The molecule has 0 aromatic heterocycles. The summed E-state index contributed by atoms with van der Waals surface area (Å²) in [7, 11) is 0. The Morgan fingerprint density at radius 3 is 1.60 bits per heavy atom. The fourth-order valence-corrected chi connectivity index (χ4v) is 1.54. The Kier molecular flexibility index (Phi) is 7.11. The summed E-state index contributed by atoms with van der Waals surface area (Å²) in [5.74, 6) is -0.727.